The Morgan fingerprint density at radius 2 is 2.00 bits per heavy atom. The summed E-state index contributed by atoms with van der Waals surface area (Å²) >= 11 is 0. The van der Waals surface area contributed by atoms with Gasteiger partial charge in [-0.05, 0) is 18.2 Å². The molecule has 0 saturated carbocycles. The Labute approximate surface area is 99.2 Å². The van der Waals surface area contributed by atoms with E-state index in [1.807, 2.05) is 18.2 Å². The summed E-state index contributed by atoms with van der Waals surface area (Å²) in [6.45, 7) is 0.285. The molecular formula is C12H14N2O3. The molecule has 0 amide bonds. The van der Waals surface area contributed by atoms with Crippen molar-refractivity contribution in [2.24, 2.45) is 5.73 Å². The van der Waals surface area contributed by atoms with Gasteiger partial charge in [0.1, 0.15) is 0 Å². The molecule has 0 atom stereocenters. The zero-order valence-corrected chi connectivity index (χ0v) is 9.77. The molecule has 90 valence electrons. The van der Waals surface area contributed by atoms with E-state index in [-0.39, 0.29) is 6.54 Å². The summed E-state index contributed by atoms with van der Waals surface area (Å²) in [6, 6.07) is 5.53. The highest BCUT2D eigenvalue weighted by Gasteiger charge is 2.09. The largest absolute Gasteiger partial charge is 0.493 e. The van der Waals surface area contributed by atoms with E-state index in [9.17, 15) is 0 Å². The van der Waals surface area contributed by atoms with E-state index >= 15 is 0 Å². The molecule has 0 unspecified atom stereocenters. The van der Waals surface area contributed by atoms with Gasteiger partial charge in [-0.2, -0.15) is 0 Å². The van der Waals surface area contributed by atoms with Crippen LogP contribution in [0.4, 0.5) is 0 Å². The Morgan fingerprint density at radius 1 is 1.24 bits per heavy atom. The molecule has 5 heteroatoms. The predicted octanol–water partition coefficient (Wildman–Crippen LogP) is 1.82. The Balaban J connectivity index is 2.38. The molecule has 0 saturated heterocycles. The fraction of sp³-hybridized carbons (Fsp3) is 0.250. The van der Waals surface area contributed by atoms with E-state index in [0.717, 1.165) is 5.56 Å². The molecule has 1 heterocycles. The lowest BCUT2D eigenvalue weighted by molar-refractivity contribution is 0.355. The van der Waals surface area contributed by atoms with Crippen molar-refractivity contribution >= 4 is 0 Å². The van der Waals surface area contributed by atoms with Gasteiger partial charge in [-0.1, -0.05) is 0 Å². The Morgan fingerprint density at radius 3 is 2.59 bits per heavy atom. The highest BCUT2D eigenvalue weighted by atomic mass is 16.5. The summed E-state index contributed by atoms with van der Waals surface area (Å²) in [5.41, 5.74) is 6.31. The molecule has 2 N–H and O–H groups in total. The molecule has 1 aromatic heterocycles. The number of hydrogen-bond acceptors (Lipinski definition) is 5. The van der Waals surface area contributed by atoms with Crippen LogP contribution in [-0.2, 0) is 6.54 Å². The van der Waals surface area contributed by atoms with Crippen molar-refractivity contribution in [2.75, 3.05) is 14.2 Å². The van der Waals surface area contributed by atoms with Crippen molar-refractivity contribution in [1.82, 2.24) is 4.98 Å². The molecule has 0 spiro atoms. The van der Waals surface area contributed by atoms with Gasteiger partial charge in [0.15, 0.2) is 17.3 Å². The van der Waals surface area contributed by atoms with E-state index in [2.05, 4.69) is 4.98 Å². The third kappa shape index (κ3) is 2.24. The standard InChI is InChI=1S/C12H14N2O3/c1-15-9-4-3-8(5-10(9)16-2)11-7-14-12(6-13)17-11/h3-5,7H,6,13H2,1-2H3. The highest BCUT2D eigenvalue weighted by Crippen LogP contribution is 2.32. The van der Waals surface area contributed by atoms with Crippen molar-refractivity contribution in [2.45, 2.75) is 6.54 Å². The number of ether oxygens (including phenoxy) is 2. The van der Waals surface area contributed by atoms with Crippen LogP contribution in [0.15, 0.2) is 28.8 Å². The fourth-order valence-corrected chi connectivity index (χ4v) is 1.53. The van der Waals surface area contributed by atoms with Crippen LogP contribution >= 0.6 is 0 Å². The van der Waals surface area contributed by atoms with Crippen molar-refractivity contribution < 1.29 is 13.9 Å². The number of methoxy groups -OCH3 is 2. The summed E-state index contributed by atoms with van der Waals surface area (Å²) in [7, 11) is 3.19. The third-order valence-corrected chi connectivity index (χ3v) is 2.40. The smallest absolute Gasteiger partial charge is 0.208 e. The monoisotopic (exact) mass is 234 g/mol. The molecule has 0 radical (unpaired) electrons. The summed E-state index contributed by atoms with van der Waals surface area (Å²) < 4.78 is 15.8. The van der Waals surface area contributed by atoms with Crippen LogP contribution in [0.2, 0.25) is 0 Å². The molecule has 2 rings (SSSR count). The number of hydrogen-bond donors (Lipinski definition) is 1. The zero-order chi connectivity index (χ0) is 12.3. The number of nitrogens with two attached hydrogens (primary N) is 1. The first-order valence-electron chi connectivity index (χ1n) is 5.15. The third-order valence-electron chi connectivity index (χ3n) is 2.40. The minimum Gasteiger partial charge on any atom is -0.493 e. The maximum atomic E-state index is 5.46. The van der Waals surface area contributed by atoms with Gasteiger partial charge < -0.3 is 19.6 Å². The first-order valence-corrected chi connectivity index (χ1v) is 5.15. The van der Waals surface area contributed by atoms with Crippen LogP contribution in [0.3, 0.4) is 0 Å². The van der Waals surface area contributed by atoms with Gasteiger partial charge in [0.05, 0.1) is 27.0 Å². The van der Waals surface area contributed by atoms with E-state index in [4.69, 9.17) is 19.6 Å². The van der Waals surface area contributed by atoms with Crippen LogP contribution in [0.1, 0.15) is 5.89 Å². The summed E-state index contributed by atoms with van der Waals surface area (Å²) in [5.74, 6) is 2.49. The number of rotatable bonds is 4. The van der Waals surface area contributed by atoms with Crippen molar-refractivity contribution in [3.63, 3.8) is 0 Å². The lowest BCUT2D eigenvalue weighted by Crippen LogP contribution is -1.94. The fourth-order valence-electron chi connectivity index (χ4n) is 1.53. The summed E-state index contributed by atoms with van der Waals surface area (Å²) in [6.07, 6.45) is 1.64. The minimum atomic E-state index is 0.285. The van der Waals surface area contributed by atoms with Gasteiger partial charge in [-0.3, -0.25) is 0 Å². The summed E-state index contributed by atoms with van der Waals surface area (Å²) in [5, 5.41) is 0. The maximum Gasteiger partial charge on any atom is 0.208 e. The van der Waals surface area contributed by atoms with E-state index < -0.39 is 0 Å². The first-order chi connectivity index (χ1) is 8.28. The lowest BCUT2D eigenvalue weighted by atomic mass is 10.1. The molecule has 0 bridgehead atoms. The average molecular weight is 234 g/mol. The number of benzene rings is 1. The van der Waals surface area contributed by atoms with Crippen LogP contribution in [-0.4, -0.2) is 19.2 Å². The molecule has 0 aliphatic carbocycles. The normalized spacial score (nSPS) is 10.3. The molecular weight excluding hydrogens is 220 g/mol. The molecule has 0 fully saturated rings. The summed E-state index contributed by atoms with van der Waals surface area (Å²) in [4.78, 5) is 4.05. The van der Waals surface area contributed by atoms with Crippen molar-refractivity contribution in [1.29, 1.82) is 0 Å². The molecule has 5 nitrogen and oxygen atoms in total. The molecule has 2 aromatic rings. The van der Waals surface area contributed by atoms with Crippen LogP contribution < -0.4 is 15.2 Å². The van der Waals surface area contributed by atoms with E-state index in [0.29, 0.717) is 23.1 Å². The Bertz CT molecular complexity index is 508. The van der Waals surface area contributed by atoms with Gasteiger partial charge in [-0.25, -0.2) is 4.98 Å². The predicted molar refractivity (Wildman–Crippen MR) is 62.9 cm³/mol. The topological polar surface area (TPSA) is 70.5 Å². The zero-order valence-electron chi connectivity index (χ0n) is 9.77. The van der Waals surface area contributed by atoms with Gasteiger partial charge in [0.25, 0.3) is 0 Å². The molecule has 0 aliphatic rings. The molecule has 1 aromatic carbocycles. The average Bonchev–Trinajstić information content (AvgIpc) is 2.86. The van der Waals surface area contributed by atoms with Crippen LogP contribution in [0.25, 0.3) is 11.3 Å². The van der Waals surface area contributed by atoms with Crippen molar-refractivity contribution in [3.8, 4) is 22.8 Å². The van der Waals surface area contributed by atoms with Gasteiger partial charge in [-0.15, -0.1) is 0 Å². The van der Waals surface area contributed by atoms with Gasteiger partial charge in [0, 0.05) is 5.56 Å². The first kappa shape index (κ1) is 11.5. The van der Waals surface area contributed by atoms with E-state index in [1.54, 1.807) is 20.4 Å². The van der Waals surface area contributed by atoms with Crippen LogP contribution in [0, 0.1) is 0 Å². The van der Waals surface area contributed by atoms with Gasteiger partial charge in [0.2, 0.25) is 5.89 Å². The Kier molecular flexibility index (Phi) is 3.30. The highest BCUT2D eigenvalue weighted by molar-refractivity contribution is 5.62. The van der Waals surface area contributed by atoms with Crippen molar-refractivity contribution in [3.05, 3.63) is 30.3 Å². The SMILES string of the molecule is COc1ccc(-c2cnc(CN)o2)cc1OC. The second-order valence-electron chi connectivity index (χ2n) is 3.39. The van der Waals surface area contributed by atoms with Gasteiger partial charge >= 0.3 is 0 Å². The number of nitrogens with zero attached hydrogens (tertiary/aromatic N) is 1. The second-order valence-corrected chi connectivity index (χ2v) is 3.39. The van der Waals surface area contributed by atoms with Crippen LogP contribution in [0.5, 0.6) is 11.5 Å². The Hall–Kier alpha value is -2.01. The van der Waals surface area contributed by atoms with E-state index in [1.165, 1.54) is 0 Å². The quantitative estimate of drug-likeness (QED) is 0.873. The lowest BCUT2D eigenvalue weighted by Gasteiger charge is -2.07. The number of aromatic nitrogens is 1. The molecule has 0 aliphatic heterocycles. The second kappa shape index (κ2) is 4.88. The number of oxazole rings is 1. The molecule has 17 heavy (non-hydrogen) atoms. The maximum absolute atomic E-state index is 5.46. The minimum absolute atomic E-state index is 0.285.